The summed E-state index contributed by atoms with van der Waals surface area (Å²) in [7, 11) is -3.86. The van der Waals surface area contributed by atoms with Crippen LogP contribution in [0.4, 0.5) is 16.0 Å². The maximum absolute atomic E-state index is 14.8. The van der Waals surface area contributed by atoms with Gasteiger partial charge in [0.05, 0.1) is 22.1 Å². The number of primary sulfonamides is 1. The summed E-state index contributed by atoms with van der Waals surface area (Å²) in [6.07, 6.45) is 1.06. The number of sulfonamides is 1. The Hall–Kier alpha value is -3.37. The summed E-state index contributed by atoms with van der Waals surface area (Å²) in [5.74, 6) is 0.229. The number of nitrogens with two attached hydrogens (primary N) is 1. The summed E-state index contributed by atoms with van der Waals surface area (Å²) in [6, 6.07) is 13.3. The summed E-state index contributed by atoms with van der Waals surface area (Å²) >= 11 is 0. The van der Waals surface area contributed by atoms with Gasteiger partial charge >= 0.3 is 0 Å². The molecule has 4 aromatic rings. The number of halogens is 1. The molecule has 0 saturated carbocycles. The predicted octanol–water partition coefficient (Wildman–Crippen LogP) is 3.47. The molecule has 0 atom stereocenters. The van der Waals surface area contributed by atoms with Crippen LogP contribution in [0.3, 0.4) is 0 Å². The fraction of sp³-hybridized carbons (Fsp3) is 0.150. The van der Waals surface area contributed by atoms with E-state index in [1.807, 2.05) is 38.1 Å². The van der Waals surface area contributed by atoms with Crippen LogP contribution in [-0.2, 0) is 10.0 Å². The third kappa shape index (κ3) is 3.74. The van der Waals surface area contributed by atoms with Crippen molar-refractivity contribution in [3.8, 4) is 5.82 Å². The number of aromatic nitrogens is 4. The summed E-state index contributed by atoms with van der Waals surface area (Å²) in [6.45, 7) is 3.93. The molecule has 0 bridgehead atoms. The zero-order valence-electron chi connectivity index (χ0n) is 16.2. The van der Waals surface area contributed by atoms with E-state index in [9.17, 15) is 12.8 Å². The Labute approximate surface area is 172 Å². The highest BCUT2D eigenvalue weighted by Gasteiger charge is 2.20. The predicted molar refractivity (Wildman–Crippen MR) is 112 cm³/mol. The number of hydrogen-bond acceptors (Lipinski definition) is 6. The van der Waals surface area contributed by atoms with Crippen molar-refractivity contribution in [2.45, 2.75) is 24.7 Å². The monoisotopic (exact) mass is 426 g/mol. The number of anilines is 2. The molecule has 154 valence electrons. The number of nitrogens with zero attached hydrogens (tertiary/aromatic N) is 4. The minimum Gasteiger partial charge on any atom is -0.324 e. The minimum atomic E-state index is -3.86. The first-order valence-electron chi connectivity index (χ1n) is 9.14. The normalized spacial score (nSPS) is 11.9. The Bertz CT molecular complexity index is 1350. The number of fused-ring (bicyclic) bond motifs is 1. The van der Waals surface area contributed by atoms with Crippen LogP contribution in [0.15, 0.2) is 59.6 Å². The van der Waals surface area contributed by atoms with Crippen LogP contribution in [0, 0.1) is 5.82 Å². The van der Waals surface area contributed by atoms with Gasteiger partial charge in [-0.3, -0.25) is 4.57 Å². The lowest BCUT2D eigenvalue weighted by Crippen LogP contribution is -2.12. The van der Waals surface area contributed by atoms with Crippen LogP contribution in [0.1, 0.15) is 25.6 Å². The molecule has 0 radical (unpaired) electrons. The molecule has 4 rings (SSSR count). The van der Waals surface area contributed by atoms with Crippen molar-refractivity contribution in [1.82, 2.24) is 19.5 Å². The van der Waals surface area contributed by atoms with E-state index in [2.05, 4.69) is 20.3 Å². The largest absolute Gasteiger partial charge is 0.324 e. The Morgan fingerprint density at radius 1 is 1.10 bits per heavy atom. The van der Waals surface area contributed by atoms with E-state index in [1.54, 1.807) is 10.6 Å². The molecular weight excluding hydrogens is 407 g/mol. The molecule has 0 amide bonds. The van der Waals surface area contributed by atoms with E-state index in [0.717, 1.165) is 17.2 Å². The zero-order valence-corrected chi connectivity index (χ0v) is 17.1. The third-order valence-corrected chi connectivity index (χ3v) is 5.37. The zero-order chi connectivity index (χ0) is 21.5. The molecule has 0 unspecified atom stereocenters. The quantitative estimate of drug-likeness (QED) is 0.505. The van der Waals surface area contributed by atoms with E-state index < -0.39 is 15.8 Å². The smallest absolute Gasteiger partial charge is 0.238 e. The molecule has 10 heteroatoms. The van der Waals surface area contributed by atoms with Gasteiger partial charge in [0, 0.05) is 11.6 Å². The van der Waals surface area contributed by atoms with Gasteiger partial charge < -0.3 is 5.32 Å². The van der Waals surface area contributed by atoms with Gasteiger partial charge in [0.1, 0.15) is 5.82 Å². The van der Waals surface area contributed by atoms with Crippen LogP contribution >= 0.6 is 0 Å². The van der Waals surface area contributed by atoms with Gasteiger partial charge in [0.2, 0.25) is 16.0 Å². The Morgan fingerprint density at radius 3 is 2.60 bits per heavy atom. The fourth-order valence-corrected chi connectivity index (χ4v) is 3.67. The van der Waals surface area contributed by atoms with Crippen molar-refractivity contribution in [1.29, 1.82) is 0 Å². The molecule has 3 N–H and O–H groups in total. The van der Waals surface area contributed by atoms with Gasteiger partial charge in [-0.25, -0.2) is 27.9 Å². The molecule has 0 aliphatic carbocycles. The van der Waals surface area contributed by atoms with Crippen molar-refractivity contribution in [2.75, 3.05) is 5.32 Å². The second kappa shape index (κ2) is 7.47. The van der Waals surface area contributed by atoms with Crippen molar-refractivity contribution in [2.24, 2.45) is 5.14 Å². The summed E-state index contributed by atoms with van der Waals surface area (Å²) in [5, 5.41) is 8.08. The van der Waals surface area contributed by atoms with Gasteiger partial charge in [0.15, 0.2) is 11.6 Å². The summed E-state index contributed by atoms with van der Waals surface area (Å²) in [4.78, 5) is 12.9. The first-order valence-corrected chi connectivity index (χ1v) is 10.7. The maximum atomic E-state index is 14.8. The average molecular weight is 426 g/mol. The van der Waals surface area contributed by atoms with Gasteiger partial charge in [-0.05, 0) is 30.3 Å². The lowest BCUT2D eigenvalue weighted by atomic mass is 10.2. The van der Waals surface area contributed by atoms with E-state index in [4.69, 9.17) is 5.14 Å². The molecule has 30 heavy (non-hydrogen) atoms. The lowest BCUT2D eigenvalue weighted by Gasteiger charge is -2.13. The molecule has 2 aromatic heterocycles. The molecule has 0 saturated heterocycles. The van der Waals surface area contributed by atoms with Crippen LogP contribution in [0.2, 0.25) is 0 Å². The fourth-order valence-electron chi connectivity index (χ4n) is 3.11. The van der Waals surface area contributed by atoms with E-state index in [1.165, 1.54) is 18.2 Å². The second-order valence-corrected chi connectivity index (χ2v) is 8.57. The van der Waals surface area contributed by atoms with E-state index in [0.29, 0.717) is 11.5 Å². The van der Waals surface area contributed by atoms with Crippen molar-refractivity contribution in [3.05, 3.63) is 66.4 Å². The molecule has 0 fully saturated rings. The molecule has 0 spiro atoms. The Morgan fingerprint density at radius 2 is 1.87 bits per heavy atom. The summed E-state index contributed by atoms with van der Waals surface area (Å²) in [5.41, 5.74) is 1.86. The number of imidazole rings is 1. The van der Waals surface area contributed by atoms with Crippen molar-refractivity contribution in [3.63, 3.8) is 0 Å². The van der Waals surface area contributed by atoms with Gasteiger partial charge in [-0.15, -0.1) is 0 Å². The second-order valence-electron chi connectivity index (χ2n) is 7.01. The number of para-hydroxylation sites is 2. The SMILES string of the molecule is CC(C)c1nc2ccccc2n1-c1nc(Nc2cccc(S(N)(=O)=O)c2)ncc1F. The average Bonchev–Trinajstić information content (AvgIpc) is 3.09. The Kier molecular flexibility index (Phi) is 4.96. The molecular formula is C20H19FN6O2S. The number of hydrogen-bond donors (Lipinski definition) is 2. The maximum Gasteiger partial charge on any atom is 0.238 e. The first-order chi connectivity index (χ1) is 14.2. The highest BCUT2D eigenvalue weighted by molar-refractivity contribution is 7.89. The van der Waals surface area contributed by atoms with E-state index in [-0.39, 0.29) is 22.6 Å². The molecule has 2 heterocycles. The molecule has 0 aliphatic rings. The number of benzene rings is 2. The standard InChI is InChI=1S/C20H19FN6O2S/c1-12(2)18-25-16-8-3-4-9-17(16)27(18)19-15(21)11-23-20(26-19)24-13-6-5-7-14(10-13)30(22,28)29/h3-12H,1-2H3,(H2,22,28,29)(H,23,24,26). The van der Waals surface area contributed by atoms with Crippen molar-refractivity contribution < 1.29 is 12.8 Å². The third-order valence-electron chi connectivity index (χ3n) is 4.46. The van der Waals surface area contributed by atoms with Crippen LogP contribution < -0.4 is 10.5 Å². The highest BCUT2D eigenvalue weighted by atomic mass is 32.2. The van der Waals surface area contributed by atoms with Gasteiger partial charge in [0.25, 0.3) is 0 Å². The molecule has 8 nitrogen and oxygen atoms in total. The van der Waals surface area contributed by atoms with Crippen molar-refractivity contribution >= 4 is 32.7 Å². The van der Waals surface area contributed by atoms with Crippen LogP contribution in [0.25, 0.3) is 16.9 Å². The number of nitrogens with one attached hydrogen (secondary N) is 1. The molecule has 0 aliphatic heterocycles. The Balaban J connectivity index is 1.81. The van der Waals surface area contributed by atoms with Crippen LogP contribution in [-0.4, -0.2) is 27.9 Å². The van der Waals surface area contributed by atoms with Gasteiger partial charge in [-0.1, -0.05) is 32.0 Å². The van der Waals surface area contributed by atoms with E-state index >= 15 is 0 Å². The lowest BCUT2D eigenvalue weighted by molar-refractivity contribution is 0.597. The van der Waals surface area contributed by atoms with Crippen LogP contribution in [0.5, 0.6) is 0 Å². The first kappa shape index (κ1) is 19.9. The molecule has 2 aromatic carbocycles. The topological polar surface area (TPSA) is 116 Å². The summed E-state index contributed by atoms with van der Waals surface area (Å²) < 4.78 is 39.6. The number of rotatable bonds is 5. The van der Waals surface area contributed by atoms with Gasteiger partial charge in [-0.2, -0.15) is 4.98 Å². The highest BCUT2D eigenvalue weighted by Crippen LogP contribution is 2.27. The minimum absolute atomic E-state index is 0.0228.